The number of nitrogens with zero attached hydrogens (tertiary/aromatic N) is 2. The molecule has 0 saturated heterocycles. The van der Waals surface area contributed by atoms with E-state index < -0.39 is 0 Å². The molecule has 0 spiro atoms. The van der Waals surface area contributed by atoms with Gasteiger partial charge in [-0.15, -0.1) is 0 Å². The summed E-state index contributed by atoms with van der Waals surface area (Å²) in [6.07, 6.45) is 1.69. The molecular weight excluding hydrogens is 210 g/mol. The molecule has 0 radical (unpaired) electrons. The van der Waals surface area contributed by atoms with Gasteiger partial charge in [0.25, 0.3) is 0 Å². The van der Waals surface area contributed by atoms with Crippen LogP contribution in [-0.4, -0.2) is 48.2 Å². The Morgan fingerprint density at radius 1 is 1.44 bits per heavy atom. The molecule has 0 saturated carbocycles. The van der Waals surface area contributed by atoms with Crippen LogP contribution in [-0.2, 0) is 9.53 Å². The minimum absolute atomic E-state index is 0.0253. The Kier molecular flexibility index (Phi) is 8.24. The average Bonchev–Trinajstić information content (AvgIpc) is 2.28. The van der Waals surface area contributed by atoms with E-state index in [1.165, 1.54) is 4.90 Å². The van der Waals surface area contributed by atoms with Crippen molar-refractivity contribution in [1.29, 1.82) is 0 Å². The molecule has 6 heteroatoms. The quantitative estimate of drug-likeness (QED) is 0.208. The number of nitrogens with two attached hydrogens (primary N) is 1. The van der Waals surface area contributed by atoms with Crippen LogP contribution in [0.5, 0.6) is 0 Å². The van der Waals surface area contributed by atoms with Gasteiger partial charge in [-0.3, -0.25) is 4.79 Å². The van der Waals surface area contributed by atoms with Crippen LogP contribution in [0.25, 0.3) is 0 Å². The Balaban J connectivity index is 4.12. The van der Waals surface area contributed by atoms with Gasteiger partial charge in [-0.2, -0.15) is 0 Å². The monoisotopic (exact) mass is 231 g/mol. The third-order valence-corrected chi connectivity index (χ3v) is 1.90. The molecule has 0 aromatic heterocycles. The molecule has 0 rings (SSSR count). The van der Waals surface area contributed by atoms with E-state index in [9.17, 15) is 4.79 Å². The van der Waals surface area contributed by atoms with Crippen molar-refractivity contribution in [1.82, 2.24) is 4.90 Å². The summed E-state index contributed by atoms with van der Waals surface area (Å²) >= 11 is 0. The van der Waals surface area contributed by atoms with Crippen molar-refractivity contribution < 1.29 is 14.7 Å². The van der Waals surface area contributed by atoms with Gasteiger partial charge in [0.15, 0.2) is 5.84 Å². The second kappa shape index (κ2) is 8.96. The summed E-state index contributed by atoms with van der Waals surface area (Å²) in [6, 6.07) is 0. The van der Waals surface area contributed by atoms with Gasteiger partial charge in [0.2, 0.25) is 5.91 Å². The highest BCUT2D eigenvalue weighted by molar-refractivity contribution is 5.87. The Hall–Kier alpha value is -1.30. The highest BCUT2D eigenvalue weighted by Gasteiger charge is 2.13. The van der Waals surface area contributed by atoms with Gasteiger partial charge >= 0.3 is 0 Å². The molecule has 0 aromatic rings. The number of amidine groups is 1. The van der Waals surface area contributed by atoms with E-state index in [1.807, 2.05) is 13.8 Å². The standard InChI is InChI=1S/C10H21N3O3/c1-3-5-13(7-9(11)12-15)10(14)8-16-6-4-2/h15H,3-8H2,1-2H3,(H2,11,12). The molecule has 1 amide bonds. The summed E-state index contributed by atoms with van der Waals surface area (Å²) < 4.78 is 5.15. The van der Waals surface area contributed by atoms with E-state index in [2.05, 4.69) is 5.16 Å². The molecular formula is C10H21N3O3. The Bertz CT molecular complexity index is 231. The fourth-order valence-electron chi connectivity index (χ4n) is 1.18. The van der Waals surface area contributed by atoms with Crippen LogP contribution in [0.3, 0.4) is 0 Å². The van der Waals surface area contributed by atoms with Gasteiger partial charge in [0, 0.05) is 13.2 Å². The first kappa shape index (κ1) is 14.7. The van der Waals surface area contributed by atoms with Gasteiger partial charge in [-0.1, -0.05) is 19.0 Å². The zero-order chi connectivity index (χ0) is 12.4. The van der Waals surface area contributed by atoms with Crippen molar-refractivity contribution in [2.24, 2.45) is 10.9 Å². The molecule has 6 nitrogen and oxygen atoms in total. The summed E-state index contributed by atoms with van der Waals surface area (Å²) in [5.74, 6) is -0.112. The zero-order valence-electron chi connectivity index (χ0n) is 9.98. The lowest BCUT2D eigenvalue weighted by Crippen LogP contribution is -2.41. The zero-order valence-corrected chi connectivity index (χ0v) is 9.98. The lowest BCUT2D eigenvalue weighted by molar-refractivity contribution is -0.135. The van der Waals surface area contributed by atoms with E-state index in [0.29, 0.717) is 13.2 Å². The van der Waals surface area contributed by atoms with Crippen molar-refractivity contribution >= 4 is 11.7 Å². The predicted molar refractivity (Wildman–Crippen MR) is 61.4 cm³/mol. The Labute approximate surface area is 96.0 Å². The second-order valence-corrected chi connectivity index (χ2v) is 3.46. The Morgan fingerprint density at radius 2 is 2.12 bits per heavy atom. The van der Waals surface area contributed by atoms with Crippen molar-refractivity contribution in [3.05, 3.63) is 0 Å². The number of carbonyl (C=O) groups is 1. The van der Waals surface area contributed by atoms with Crippen LogP contribution >= 0.6 is 0 Å². The maximum Gasteiger partial charge on any atom is 0.248 e. The fourth-order valence-corrected chi connectivity index (χ4v) is 1.18. The lowest BCUT2D eigenvalue weighted by Gasteiger charge is -2.21. The lowest BCUT2D eigenvalue weighted by atomic mass is 10.3. The van der Waals surface area contributed by atoms with Crippen LogP contribution in [0.1, 0.15) is 26.7 Å². The predicted octanol–water partition coefficient (Wildman–Crippen LogP) is 0.398. The molecule has 94 valence electrons. The smallest absolute Gasteiger partial charge is 0.248 e. The minimum Gasteiger partial charge on any atom is -0.409 e. The fraction of sp³-hybridized carbons (Fsp3) is 0.800. The van der Waals surface area contributed by atoms with Crippen LogP contribution < -0.4 is 5.73 Å². The first-order valence-electron chi connectivity index (χ1n) is 5.47. The summed E-state index contributed by atoms with van der Waals surface area (Å²) in [6.45, 7) is 5.26. The number of hydrogen-bond donors (Lipinski definition) is 2. The number of oxime groups is 1. The van der Waals surface area contributed by atoms with E-state index in [1.54, 1.807) is 0 Å². The maximum absolute atomic E-state index is 11.7. The molecule has 0 atom stereocenters. The van der Waals surface area contributed by atoms with E-state index in [4.69, 9.17) is 15.7 Å². The largest absolute Gasteiger partial charge is 0.409 e. The molecule has 0 aliphatic rings. The third kappa shape index (κ3) is 6.23. The van der Waals surface area contributed by atoms with Gasteiger partial charge in [-0.25, -0.2) is 0 Å². The third-order valence-electron chi connectivity index (χ3n) is 1.90. The van der Waals surface area contributed by atoms with Crippen molar-refractivity contribution in [3.63, 3.8) is 0 Å². The molecule has 16 heavy (non-hydrogen) atoms. The molecule has 3 N–H and O–H groups in total. The van der Waals surface area contributed by atoms with Gasteiger partial charge < -0.3 is 20.6 Å². The Morgan fingerprint density at radius 3 is 2.62 bits per heavy atom. The van der Waals surface area contributed by atoms with Gasteiger partial charge in [-0.05, 0) is 12.8 Å². The summed E-state index contributed by atoms with van der Waals surface area (Å²) in [5, 5.41) is 11.3. The number of hydrogen-bond acceptors (Lipinski definition) is 4. The molecule has 0 aliphatic heterocycles. The second-order valence-electron chi connectivity index (χ2n) is 3.46. The van der Waals surface area contributed by atoms with E-state index in [-0.39, 0.29) is 24.9 Å². The highest BCUT2D eigenvalue weighted by Crippen LogP contribution is 1.94. The van der Waals surface area contributed by atoms with Crippen molar-refractivity contribution in [2.45, 2.75) is 26.7 Å². The topological polar surface area (TPSA) is 88.2 Å². The summed E-state index contributed by atoms with van der Waals surface area (Å²) in [7, 11) is 0. The number of rotatable bonds is 8. The van der Waals surface area contributed by atoms with Crippen LogP contribution in [0.15, 0.2) is 5.16 Å². The molecule has 0 heterocycles. The molecule has 0 aliphatic carbocycles. The van der Waals surface area contributed by atoms with Gasteiger partial charge in [0.05, 0.1) is 6.54 Å². The van der Waals surface area contributed by atoms with Crippen LogP contribution in [0, 0.1) is 0 Å². The van der Waals surface area contributed by atoms with Gasteiger partial charge in [0.1, 0.15) is 6.61 Å². The van der Waals surface area contributed by atoms with Crippen LogP contribution in [0.4, 0.5) is 0 Å². The first-order valence-corrected chi connectivity index (χ1v) is 5.47. The van der Waals surface area contributed by atoms with Crippen molar-refractivity contribution in [3.8, 4) is 0 Å². The summed E-state index contributed by atoms with van der Waals surface area (Å²) in [5.41, 5.74) is 5.36. The SMILES string of the molecule is CCCOCC(=O)N(CCC)CC(N)=NO. The first-order chi connectivity index (χ1) is 7.65. The number of amides is 1. The number of carbonyl (C=O) groups excluding carboxylic acids is 1. The normalized spacial score (nSPS) is 11.5. The average molecular weight is 231 g/mol. The van der Waals surface area contributed by atoms with E-state index in [0.717, 1.165) is 12.8 Å². The summed E-state index contributed by atoms with van der Waals surface area (Å²) in [4.78, 5) is 13.2. The van der Waals surface area contributed by atoms with Crippen molar-refractivity contribution in [2.75, 3.05) is 26.3 Å². The molecule has 0 fully saturated rings. The molecule has 0 bridgehead atoms. The number of ether oxygens (including phenoxy) is 1. The highest BCUT2D eigenvalue weighted by atomic mass is 16.5. The van der Waals surface area contributed by atoms with Crippen LogP contribution in [0.2, 0.25) is 0 Å². The minimum atomic E-state index is -0.137. The maximum atomic E-state index is 11.7. The molecule has 0 unspecified atom stereocenters. The molecule has 0 aromatic carbocycles. The van der Waals surface area contributed by atoms with E-state index >= 15 is 0 Å².